The molecule has 1 aliphatic heterocycles. The van der Waals surface area contributed by atoms with Crippen LogP contribution in [0, 0.1) is 0 Å². The number of unbranched alkanes of at least 4 members (excludes halogenated alkanes) is 2. The van der Waals surface area contributed by atoms with Gasteiger partial charge in [-0.2, -0.15) is 0 Å². The maximum Gasteiger partial charge on any atom is 0.159 e. The van der Waals surface area contributed by atoms with Crippen molar-refractivity contribution in [3.63, 3.8) is 0 Å². The predicted octanol–water partition coefficient (Wildman–Crippen LogP) is 3.86. The van der Waals surface area contributed by atoms with E-state index in [0.717, 1.165) is 36.2 Å². The molecule has 1 saturated heterocycles. The highest BCUT2D eigenvalue weighted by molar-refractivity contribution is 6.09. The van der Waals surface area contributed by atoms with E-state index in [-0.39, 0.29) is 0 Å². The zero-order chi connectivity index (χ0) is 17.1. The average Bonchev–Trinajstić information content (AvgIpc) is 3.14. The van der Waals surface area contributed by atoms with E-state index in [1.165, 1.54) is 43.2 Å². The van der Waals surface area contributed by atoms with E-state index in [4.69, 9.17) is 0 Å². The van der Waals surface area contributed by atoms with Gasteiger partial charge in [0.15, 0.2) is 5.65 Å². The summed E-state index contributed by atoms with van der Waals surface area (Å²) in [6, 6.07) is 4.86. The molecule has 4 rings (SSSR count). The number of pyridine rings is 2. The lowest BCUT2D eigenvalue weighted by Crippen LogP contribution is -2.46. The molecule has 4 heterocycles. The van der Waals surface area contributed by atoms with Crippen molar-refractivity contribution in [2.24, 2.45) is 0 Å². The summed E-state index contributed by atoms with van der Waals surface area (Å²) >= 11 is 0. The monoisotopic (exact) mass is 337 g/mol. The molecule has 1 unspecified atom stereocenters. The van der Waals surface area contributed by atoms with Gasteiger partial charge < -0.3 is 15.2 Å². The van der Waals surface area contributed by atoms with E-state index in [1.54, 1.807) is 0 Å². The Kier molecular flexibility index (Phi) is 4.83. The molecule has 0 saturated carbocycles. The fraction of sp³-hybridized carbons (Fsp3) is 0.500. The number of hydrogen-bond donors (Lipinski definition) is 2. The van der Waals surface area contributed by atoms with Crippen molar-refractivity contribution in [1.29, 1.82) is 0 Å². The van der Waals surface area contributed by atoms with Gasteiger partial charge in [-0.1, -0.05) is 19.8 Å². The maximum absolute atomic E-state index is 4.46. The molecule has 3 aromatic rings. The topological polar surface area (TPSA) is 56.8 Å². The second-order valence-corrected chi connectivity index (χ2v) is 7.04. The van der Waals surface area contributed by atoms with Crippen molar-refractivity contribution >= 4 is 27.6 Å². The van der Waals surface area contributed by atoms with E-state index >= 15 is 0 Å². The van der Waals surface area contributed by atoms with Gasteiger partial charge in [-0.25, -0.2) is 9.97 Å². The first-order valence-electron chi connectivity index (χ1n) is 9.56. The van der Waals surface area contributed by atoms with Crippen molar-refractivity contribution in [1.82, 2.24) is 20.3 Å². The third-order valence-electron chi connectivity index (χ3n) is 5.25. The van der Waals surface area contributed by atoms with Crippen LogP contribution in [0.25, 0.3) is 21.9 Å². The molecule has 0 amide bonds. The van der Waals surface area contributed by atoms with E-state index in [9.17, 15) is 0 Å². The summed E-state index contributed by atoms with van der Waals surface area (Å²) in [4.78, 5) is 14.7. The Morgan fingerprint density at radius 3 is 3.16 bits per heavy atom. The number of anilines is 1. The number of nitrogens with zero attached hydrogens (tertiary/aromatic N) is 3. The lowest BCUT2D eigenvalue weighted by molar-refractivity contribution is 0.418. The van der Waals surface area contributed by atoms with E-state index in [2.05, 4.69) is 44.2 Å². The molecule has 0 bridgehead atoms. The van der Waals surface area contributed by atoms with Gasteiger partial charge in [0, 0.05) is 48.0 Å². The summed E-state index contributed by atoms with van der Waals surface area (Å²) in [5, 5.41) is 6.15. The first kappa shape index (κ1) is 16.3. The normalized spacial score (nSPS) is 18.3. The number of fused-ring (bicyclic) bond motifs is 3. The van der Waals surface area contributed by atoms with Crippen LogP contribution >= 0.6 is 0 Å². The summed E-state index contributed by atoms with van der Waals surface area (Å²) in [5.74, 6) is 0. The SMILES string of the molecule is CCCCCNC1CCCN(c2cc[nH]c3cnc4nccc4c23)C1. The number of aromatic nitrogens is 3. The summed E-state index contributed by atoms with van der Waals surface area (Å²) < 4.78 is 0. The fourth-order valence-electron chi connectivity index (χ4n) is 3.95. The van der Waals surface area contributed by atoms with Crippen molar-refractivity contribution in [2.75, 3.05) is 24.5 Å². The van der Waals surface area contributed by atoms with Crippen molar-refractivity contribution < 1.29 is 0 Å². The van der Waals surface area contributed by atoms with E-state index < -0.39 is 0 Å². The van der Waals surface area contributed by atoms with Crippen LogP contribution in [0.3, 0.4) is 0 Å². The van der Waals surface area contributed by atoms with Crippen LogP contribution in [0.1, 0.15) is 39.0 Å². The number of nitrogens with one attached hydrogen (secondary N) is 2. The Labute approximate surface area is 148 Å². The highest BCUT2D eigenvalue weighted by Crippen LogP contribution is 2.32. The number of rotatable bonds is 6. The minimum atomic E-state index is 0.583. The van der Waals surface area contributed by atoms with E-state index in [1.807, 2.05) is 18.6 Å². The Morgan fingerprint density at radius 1 is 1.28 bits per heavy atom. The first-order chi connectivity index (χ1) is 12.4. The summed E-state index contributed by atoms with van der Waals surface area (Å²) in [6.45, 7) is 5.58. The van der Waals surface area contributed by atoms with Gasteiger partial charge in [-0.05, 0) is 37.9 Å². The van der Waals surface area contributed by atoms with Crippen LogP contribution in [0.2, 0.25) is 0 Å². The van der Waals surface area contributed by atoms with Crippen molar-refractivity contribution in [3.8, 4) is 0 Å². The molecule has 132 valence electrons. The lowest BCUT2D eigenvalue weighted by atomic mass is 10.0. The number of hydrogen-bond acceptors (Lipinski definition) is 4. The molecule has 25 heavy (non-hydrogen) atoms. The molecule has 0 spiro atoms. The predicted molar refractivity (Wildman–Crippen MR) is 104 cm³/mol. The Balaban J connectivity index is 1.59. The number of H-pyrrole nitrogens is 1. The molecular formula is C20H27N5. The van der Waals surface area contributed by atoms with Crippen LogP contribution in [-0.2, 0) is 0 Å². The average molecular weight is 337 g/mol. The lowest BCUT2D eigenvalue weighted by Gasteiger charge is -2.35. The molecule has 2 N–H and O–H groups in total. The standard InChI is InChI=1S/C20H27N5/c1-2-3-4-9-21-15-6-5-12-25(14-15)18-8-11-22-17-13-24-20-16(19(17)18)7-10-23-20/h7-8,10-11,13,15,21-22H,2-6,9,12,14H2,1H3. The molecule has 0 aliphatic carbocycles. The Morgan fingerprint density at radius 2 is 2.24 bits per heavy atom. The Hall–Kier alpha value is -2.14. The number of aromatic amines is 1. The van der Waals surface area contributed by atoms with Crippen LogP contribution in [0.4, 0.5) is 5.69 Å². The summed E-state index contributed by atoms with van der Waals surface area (Å²) in [5.41, 5.74) is 3.21. The summed E-state index contributed by atoms with van der Waals surface area (Å²) in [6.07, 6.45) is 12.2. The smallest absolute Gasteiger partial charge is 0.159 e. The highest BCUT2D eigenvalue weighted by Gasteiger charge is 2.22. The zero-order valence-electron chi connectivity index (χ0n) is 15.0. The van der Waals surface area contributed by atoms with Gasteiger partial charge in [0.1, 0.15) is 0 Å². The summed E-state index contributed by atoms with van der Waals surface area (Å²) in [7, 11) is 0. The van der Waals surface area contributed by atoms with Gasteiger partial charge >= 0.3 is 0 Å². The maximum atomic E-state index is 4.46. The molecule has 0 radical (unpaired) electrons. The van der Waals surface area contributed by atoms with Gasteiger partial charge in [0.2, 0.25) is 0 Å². The minimum absolute atomic E-state index is 0.583. The van der Waals surface area contributed by atoms with Crippen molar-refractivity contribution in [3.05, 3.63) is 30.7 Å². The van der Waals surface area contributed by atoms with Crippen LogP contribution in [0.5, 0.6) is 0 Å². The molecular weight excluding hydrogens is 310 g/mol. The molecule has 1 atom stereocenters. The molecule has 1 fully saturated rings. The zero-order valence-corrected chi connectivity index (χ0v) is 15.0. The molecule has 3 aromatic heterocycles. The van der Waals surface area contributed by atoms with Crippen LogP contribution in [0.15, 0.2) is 30.7 Å². The molecule has 5 heteroatoms. The molecule has 5 nitrogen and oxygen atoms in total. The van der Waals surface area contributed by atoms with Gasteiger partial charge in [0.25, 0.3) is 0 Å². The third kappa shape index (κ3) is 3.33. The van der Waals surface area contributed by atoms with E-state index in [0.29, 0.717) is 6.04 Å². The van der Waals surface area contributed by atoms with Crippen molar-refractivity contribution in [2.45, 2.75) is 45.1 Å². The molecule has 0 aromatic carbocycles. The van der Waals surface area contributed by atoms with Crippen LogP contribution in [-0.4, -0.2) is 40.6 Å². The second kappa shape index (κ2) is 7.40. The van der Waals surface area contributed by atoms with Crippen LogP contribution < -0.4 is 10.2 Å². The quantitative estimate of drug-likeness (QED) is 0.671. The fourth-order valence-corrected chi connectivity index (χ4v) is 3.95. The molecule has 1 aliphatic rings. The minimum Gasteiger partial charge on any atom is -0.369 e. The second-order valence-electron chi connectivity index (χ2n) is 7.04. The third-order valence-corrected chi connectivity index (χ3v) is 5.25. The number of piperidine rings is 1. The van der Waals surface area contributed by atoms with Gasteiger partial charge in [0.05, 0.1) is 11.7 Å². The first-order valence-corrected chi connectivity index (χ1v) is 9.56. The highest BCUT2D eigenvalue weighted by atomic mass is 15.2. The van der Waals surface area contributed by atoms with Gasteiger partial charge in [-0.15, -0.1) is 0 Å². The van der Waals surface area contributed by atoms with Gasteiger partial charge in [-0.3, -0.25) is 0 Å². The largest absolute Gasteiger partial charge is 0.369 e. The Bertz CT molecular complexity index is 840.